The van der Waals surface area contributed by atoms with Crippen molar-refractivity contribution in [3.63, 3.8) is 0 Å². The summed E-state index contributed by atoms with van der Waals surface area (Å²) in [6.07, 6.45) is 15.5. The van der Waals surface area contributed by atoms with Crippen molar-refractivity contribution in [1.82, 2.24) is 14.9 Å². The van der Waals surface area contributed by atoms with Gasteiger partial charge in [-0.3, -0.25) is 13.9 Å². The minimum absolute atomic E-state index is 0.0154. The molecular weight excluding hydrogens is 334 g/mol. The van der Waals surface area contributed by atoms with Gasteiger partial charge in [-0.1, -0.05) is 45.4 Å². The van der Waals surface area contributed by atoms with Gasteiger partial charge < -0.3 is 9.88 Å². The molecule has 0 fully saturated rings. The largest absolute Gasteiger partial charge is 0.394 e. The molecule has 1 amide bonds. The molecule has 1 aromatic rings. The van der Waals surface area contributed by atoms with Crippen LogP contribution in [0.25, 0.3) is 0 Å². The van der Waals surface area contributed by atoms with Crippen LogP contribution in [-0.4, -0.2) is 33.0 Å². The lowest BCUT2D eigenvalue weighted by Crippen LogP contribution is -2.29. The monoisotopic (exact) mass is 363 g/mol. The minimum atomic E-state index is -4.67. The third kappa shape index (κ3) is 15.4. The smallest absolute Gasteiger partial charge is 0.336 e. The summed E-state index contributed by atoms with van der Waals surface area (Å²) in [5.41, 5.74) is 0. The lowest BCUT2D eigenvalue weighted by atomic mass is 10.1. The normalized spacial score (nSPS) is 12.2. The Morgan fingerprint density at radius 3 is 2.17 bits per heavy atom. The van der Waals surface area contributed by atoms with Crippen LogP contribution >= 0.6 is 0 Å². The number of amides is 1. The minimum Gasteiger partial charge on any atom is -0.336 e. The van der Waals surface area contributed by atoms with Crippen LogP contribution in [0.2, 0.25) is 0 Å². The Balaban J connectivity index is 0.000000922. The van der Waals surface area contributed by atoms with Crippen molar-refractivity contribution in [2.45, 2.75) is 71.4 Å². The Bertz CT molecular complexity index is 523. The first-order valence-electron chi connectivity index (χ1n) is 8.18. The molecule has 1 aromatic heterocycles. The molecule has 0 aliphatic heterocycles. The van der Waals surface area contributed by atoms with E-state index in [0.29, 0.717) is 0 Å². The predicted molar refractivity (Wildman–Crippen MR) is 91.9 cm³/mol. The van der Waals surface area contributed by atoms with E-state index in [4.69, 9.17) is 17.5 Å². The molecular formula is C15H29N3O5S. The summed E-state index contributed by atoms with van der Waals surface area (Å²) in [5.74, 6) is 0.0154. The number of rotatable bonds is 10. The molecule has 0 saturated carbocycles. The second-order valence-electron chi connectivity index (χ2n) is 5.58. The average molecular weight is 363 g/mol. The van der Waals surface area contributed by atoms with E-state index >= 15 is 0 Å². The van der Waals surface area contributed by atoms with E-state index in [1.165, 1.54) is 38.5 Å². The van der Waals surface area contributed by atoms with Gasteiger partial charge in [0.25, 0.3) is 0 Å². The molecule has 0 aliphatic rings. The third-order valence-corrected chi connectivity index (χ3v) is 3.34. The molecule has 0 aromatic carbocycles. The van der Waals surface area contributed by atoms with E-state index in [2.05, 4.69) is 17.2 Å². The quantitative estimate of drug-likeness (QED) is 0.434. The molecule has 1 atom stereocenters. The molecule has 24 heavy (non-hydrogen) atoms. The molecule has 0 saturated heterocycles. The van der Waals surface area contributed by atoms with E-state index in [0.717, 1.165) is 12.8 Å². The number of carbonyl (C=O) groups is 1. The van der Waals surface area contributed by atoms with E-state index in [1.807, 2.05) is 10.8 Å². The predicted octanol–water partition coefficient (Wildman–Crippen LogP) is 3.01. The molecule has 9 heteroatoms. The van der Waals surface area contributed by atoms with E-state index in [-0.39, 0.29) is 12.1 Å². The highest BCUT2D eigenvalue weighted by molar-refractivity contribution is 7.79. The number of carbonyl (C=O) groups excluding carboxylic acids is 1. The first kappa shape index (κ1) is 22.6. The van der Waals surface area contributed by atoms with Crippen molar-refractivity contribution in [2.24, 2.45) is 0 Å². The number of nitrogens with one attached hydrogen (secondary N) is 1. The molecule has 140 valence electrons. The van der Waals surface area contributed by atoms with Crippen LogP contribution in [0.5, 0.6) is 0 Å². The molecule has 0 spiro atoms. The van der Waals surface area contributed by atoms with E-state index < -0.39 is 10.4 Å². The van der Waals surface area contributed by atoms with Gasteiger partial charge in [0.15, 0.2) is 0 Å². The van der Waals surface area contributed by atoms with Crippen LogP contribution in [-0.2, 0) is 15.2 Å². The summed E-state index contributed by atoms with van der Waals surface area (Å²) in [7, 11) is -4.67. The Morgan fingerprint density at radius 1 is 1.17 bits per heavy atom. The van der Waals surface area contributed by atoms with Gasteiger partial charge in [0.05, 0.1) is 6.33 Å². The summed E-state index contributed by atoms with van der Waals surface area (Å²) >= 11 is 0. The molecule has 8 nitrogen and oxygen atoms in total. The zero-order valence-corrected chi connectivity index (χ0v) is 15.2. The second-order valence-corrected chi connectivity index (χ2v) is 6.48. The van der Waals surface area contributed by atoms with Gasteiger partial charge in [-0.25, -0.2) is 4.98 Å². The van der Waals surface area contributed by atoms with Gasteiger partial charge in [-0.15, -0.1) is 0 Å². The maximum atomic E-state index is 11.2. The average Bonchev–Trinajstić information content (AvgIpc) is 2.97. The first-order valence-corrected chi connectivity index (χ1v) is 9.58. The zero-order valence-electron chi connectivity index (χ0n) is 14.4. The third-order valence-electron chi connectivity index (χ3n) is 3.34. The van der Waals surface area contributed by atoms with Gasteiger partial charge in [0.1, 0.15) is 6.17 Å². The molecule has 0 radical (unpaired) electrons. The Morgan fingerprint density at radius 2 is 1.71 bits per heavy atom. The highest BCUT2D eigenvalue weighted by Gasteiger charge is 2.10. The number of hydrogen-bond donors (Lipinski definition) is 3. The van der Waals surface area contributed by atoms with Crippen molar-refractivity contribution in [3.8, 4) is 0 Å². The van der Waals surface area contributed by atoms with Gasteiger partial charge in [0, 0.05) is 19.3 Å². The summed E-state index contributed by atoms with van der Waals surface area (Å²) in [6, 6.07) is 0. The number of imidazole rings is 1. The molecule has 1 heterocycles. The van der Waals surface area contributed by atoms with Gasteiger partial charge in [0.2, 0.25) is 5.91 Å². The van der Waals surface area contributed by atoms with E-state index in [1.54, 1.807) is 19.4 Å². The molecule has 3 N–H and O–H groups in total. The Kier molecular flexibility index (Phi) is 12.1. The van der Waals surface area contributed by atoms with Crippen LogP contribution < -0.4 is 5.32 Å². The van der Waals surface area contributed by atoms with Crippen molar-refractivity contribution in [3.05, 3.63) is 18.7 Å². The Hall–Kier alpha value is -1.45. The zero-order chi connectivity index (χ0) is 18.4. The molecule has 0 bridgehead atoms. The van der Waals surface area contributed by atoms with Gasteiger partial charge >= 0.3 is 10.4 Å². The number of hydrogen-bond acceptors (Lipinski definition) is 4. The lowest BCUT2D eigenvalue weighted by molar-refractivity contribution is -0.120. The number of unbranched alkanes of at least 4 members (excludes halogenated alkanes) is 6. The highest BCUT2D eigenvalue weighted by atomic mass is 32.3. The SMILES string of the molecule is CCCCCCCCCC(NC(C)=O)n1ccnc1.O=S(=O)(O)O. The maximum Gasteiger partial charge on any atom is 0.394 e. The highest BCUT2D eigenvalue weighted by Crippen LogP contribution is 2.14. The van der Waals surface area contributed by atoms with Crippen molar-refractivity contribution in [1.29, 1.82) is 0 Å². The van der Waals surface area contributed by atoms with Crippen molar-refractivity contribution in [2.75, 3.05) is 0 Å². The fourth-order valence-electron chi connectivity index (χ4n) is 2.28. The van der Waals surface area contributed by atoms with Gasteiger partial charge in [-0.2, -0.15) is 8.42 Å². The maximum absolute atomic E-state index is 11.2. The fourth-order valence-corrected chi connectivity index (χ4v) is 2.28. The van der Waals surface area contributed by atoms with Crippen molar-refractivity contribution < 1.29 is 22.3 Å². The van der Waals surface area contributed by atoms with Crippen LogP contribution in [0.3, 0.4) is 0 Å². The molecule has 1 unspecified atom stereocenters. The van der Waals surface area contributed by atoms with Crippen molar-refractivity contribution >= 4 is 16.3 Å². The Labute approximate surface area is 144 Å². The lowest BCUT2D eigenvalue weighted by Gasteiger charge is -2.19. The standard InChI is InChI=1S/C15H27N3O.H2O4S/c1-3-4-5-6-7-8-9-10-15(17-14(2)19)18-12-11-16-13-18;1-5(2,3)4/h11-13,15H,3-10H2,1-2H3,(H,17,19);(H2,1,2,3,4). The summed E-state index contributed by atoms with van der Waals surface area (Å²) in [6.45, 7) is 3.80. The fraction of sp³-hybridized carbons (Fsp3) is 0.733. The number of nitrogens with zero attached hydrogens (tertiary/aromatic N) is 2. The summed E-state index contributed by atoms with van der Waals surface area (Å²) < 4.78 is 33.6. The first-order chi connectivity index (χ1) is 11.2. The molecule has 0 aliphatic carbocycles. The topological polar surface area (TPSA) is 122 Å². The van der Waals surface area contributed by atoms with Crippen LogP contribution in [0, 0.1) is 0 Å². The second kappa shape index (κ2) is 12.9. The number of aromatic nitrogens is 2. The van der Waals surface area contributed by atoms with Crippen LogP contribution in [0.1, 0.15) is 71.4 Å². The van der Waals surface area contributed by atoms with Crippen LogP contribution in [0.15, 0.2) is 18.7 Å². The molecule has 1 rings (SSSR count). The summed E-state index contributed by atoms with van der Waals surface area (Å²) in [4.78, 5) is 15.3. The van der Waals surface area contributed by atoms with Gasteiger partial charge in [-0.05, 0) is 12.8 Å². The summed E-state index contributed by atoms with van der Waals surface area (Å²) in [5, 5.41) is 2.98. The van der Waals surface area contributed by atoms with E-state index in [9.17, 15) is 4.79 Å². The van der Waals surface area contributed by atoms with Crippen LogP contribution in [0.4, 0.5) is 0 Å².